The Morgan fingerprint density at radius 3 is 2.79 bits per heavy atom. The van der Waals surface area contributed by atoms with Crippen LogP contribution < -0.4 is 5.56 Å². The van der Waals surface area contributed by atoms with Gasteiger partial charge in [0.2, 0.25) is 0 Å². The first-order valence-corrected chi connectivity index (χ1v) is 9.31. The van der Waals surface area contributed by atoms with Gasteiger partial charge < -0.3 is 18.7 Å². The van der Waals surface area contributed by atoms with Crippen LogP contribution in [0.1, 0.15) is 21.8 Å². The Morgan fingerprint density at radius 2 is 2.07 bits per heavy atom. The van der Waals surface area contributed by atoms with E-state index in [2.05, 4.69) is 5.16 Å². The number of methoxy groups -OCH3 is 1. The van der Waals surface area contributed by atoms with Crippen LogP contribution in [0.25, 0.3) is 10.9 Å². The highest BCUT2D eigenvalue weighted by Crippen LogP contribution is 2.25. The smallest absolute Gasteiger partial charge is 0.263 e. The molecule has 7 heteroatoms. The van der Waals surface area contributed by atoms with E-state index in [9.17, 15) is 9.59 Å². The molecule has 1 amide bonds. The van der Waals surface area contributed by atoms with Crippen molar-refractivity contribution in [2.75, 3.05) is 20.2 Å². The topological polar surface area (TPSA) is 77.6 Å². The van der Waals surface area contributed by atoms with Crippen LogP contribution in [0.15, 0.2) is 45.7 Å². The zero-order valence-electron chi connectivity index (χ0n) is 16.2. The SMILES string of the molecule is CO[C@H]1CN(C(=O)c2cc3ccccc3n(C)c2=O)C[C@H]1Cc1cc(C)no1. The molecule has 28 heavy (non-hydrogen) atoms. The molecule has 1 aliphatic heterocycles. The van der Waals surface area contributed by atoms with Crippen LogP contribution in [0.5, 0.6) is 0 Å². The van der Waals surface area contributed by atoms with Crippen LogP contribution in [0.4, 0.5) is 0 Å². The number of aromatic nitrogens is 2. The molecule has 0 N–H and O–H groups in total. The Labute approximate surface area is 162 Å². The zero-order chi connectivity index (χ0) is 19.8. The monoisotopic (exact) mass is 381 g/mol. The third-order valence-electron chi connectivity index (χ3n) is 5.47. The van der Waals surface area contributed by atoms with Crippen LogP contribution >= 0.6 is 0 Å². The second-order valence-corrected chi connectivity index (χ2v) is 7.36. The van der Waals surface area contributed by atoms with Gasteiger partial charge in [0.15, 0.2) is 0 Å². The van der Waals surface area contributed by atoms with Crippen molar-refractivity contribution in [2.45, 2.75) is 19.4 Å². The maximum absolute atomic E-state index is 13.1. The van der Waals surface area contributed by atoms with E-state index in [1.807, 2.05) is 37.3 Å². The summed E-state index contributed by atoms with van der Waals surface area (Å²) in [5, 5.41) is 4.79. The number of para-hydroxylation sites is 1. The molecule has 3 heterocycles. The van der Waals surface area contributed by atoms with E-state index in [0.717, 1.165) is 22.4 Å². The van der Waals surface area contributed by atoms with Crippen LogP contribution in [0, 0.1) is 12.8 Å². The summed E-state index contributed by atoms with van der Waals surface area (Å²) < 4.78 is 12.5. The number of likely N-dealkylation sites (tertiary alicyclic amines) is 1. The number of carbonyl (C=O) groups excluding carboxylic acids is 1. The van der Waals surface area contributed by atoms with E-state index in [1.165, 1.54) is 4.57 Å². The van der Waals surface area contributed by atoms with E-state index in [-0.39, 0.29) is 29.1 Å². The number of benzene rings is 1. The first-order chi connectivity index (χ1) is 13.5. The number of aryl methyl sites for hydroxylation is 2. The maximum atomic E-state index is 13.1. The fraction of sp³-hybridized carbons (Fsp3) is 0.381. The van der Waals surface area contributed by atoms with Crippen molar-refractivity contribution in [3.63, 3.8) is 0 Å². The quantitative estimate of drug-likeness (QED) is 0.692. The minimum absolute atomic E-state index is 0.0885. The molecular weight excluding hydrogens is 358 g/mol. The van der Waals surface area contributed by atoms with Gasteiger partial charge in [-0.1, -0.05) is 23.4 Å². The summed E-state index contributed by atoms with van der Waals surface area (Å²) in [6.07, 6.45) is 0.525. The summed E-state index contributed by atoms with van der Waals surface area (Å²) in [6.45, 7) is 2.83. The second-order valence-electron chi connectivity index (χ2n) is 7.36. The molecule has 2 atom stereocenters. The first-order valence-electron chi connectivity index (χ1n) is 9.31. The van der Waals surface area contributed by atoms with Gasteiger partial charge >= 0.3 is 0 Å². The Hall–Kier alpha value is -2.93. The molecule has 2 aromatic heterocycles. The van der Waals surface area contributed by atoms with Gasteiger partial charge in [0, 0.05) is 45.7 Å². The molecule has 1 aliphatic rings. The molecule has 0 saturated carbocycles. The lowest BCUT2D eigenvalue weighted by Crippen LogP contribution is -2.35. The Balaban J connectivity index is 1.61. The predicted octanol–water partition coefficient (Wildman–Crippen LogP) is 2.16. The number of fused-ring (bicyclic) bond motifs is 1. The summed E-state index contributed by atoms with van der Waals surface area (Å²) in [5.74, 6) is 0.607. The lowest BCUT2D eigenvalue weighted by atomic mass is 10.0. The Kier molecular flexibility index (Phi) is 4.77. The second kappa shape index (κ2) is 7.24. The molecule has 0 radical (unpaired) electrons. The summed E-state index contributed by atoms with van der Waals surface area (Å²) in [7, 11) is 3.34. The van der Waals surface area contributed by atoms with Crippen LogP contribution in [-0.4, -0.2) is 46.8 Å². The molecule has 1 aromatic carbocycles. The number of hydrogen-bond donors (Lipinski definition) is 0. The molecule has 1 fully saturated rings. The molecule has 0 unspecified atom stereocenters. The minimum Gasteiger partial charge on any atom is -0.379 e. The van der Waals surface area contributed by atoms with Crippen molar-refractivity contribution in [1.29, 1.82) is 0 Å². The lowest BCUT2D eigenvalue weighted by molar-refractivity contribution is 0.0671. The molecule has 4 rings (SSSR count). The number of nitrogens with zero attached hydrogens (tertiary/aromatic N) is 3. The number of hydrogen-bond acceptors (Lipinski definition) is 5. The minimum atomic E-state index is -0.285. The number of pyridine rings is 1. The first kappa shape index (κ1) is 18.4. The Bertz CT molecular complexity index is 1080. The van der Waals surface area contributed by atoms with Crippen LogP contribution in [-0.2, 0) is 18.2 Å². The number of carbonyl (C=O) groups is 1. The number of ether oxygens (including phenoxy) is 1. The standard InChI is InChI=1S/C21H23N3O4/c1-13-8-16(28-22-13)9-15-11-24(12-19(15)27-3)21(26)17-10-14-6-4-5-7-18(14)23(2)20(17)25/h4-8,10,15,19H,9,11-12H2,1-3H3/t15-,19+/m1/s1. The largest absolute Gasteiger partial charge is 0.379 e. The summed E-state index contributed by atoms with van der Waals surface area (Å²) >= 11 is 0. The van der Waals surface area contributed by atoms with Crippen LogP contribution in [0.3, 0.4) is 0 Å². The third-order valence-corrected chi connectivity index (χ3v) is 5.47. The van der Waals surface area contributed by atoms with Gasteiger partial charge in [-0.05, 0) is 24.4 Å². The molecule has 3 aromatic rings. The predicted molar refractivity (Wildman–Crippen MR) is 104 cm³/mol. The third kappa shape index (κ3) is 3.22. The van der Waals surface area contributed by atoms with Crippen molar-refractivity contribution >= 4 is 16.8 Å². The van der Waals surface area contributed by atoms with Crippen LogP contribution in [0.2, 0.25) is 0 Å². The van der Waals surface area contributed by atoms with E-state index in [4.69, 9.17) is 9.26 Å². The molecule has 146 valence electrons. The van der Waals surface area contributed by atoms with Crippen molar-refractivity contribution < 1.29 is 14.1 Å². The highest BCUT2D eigenvalue weighted by Gasteiger charge is 2.37. The fourth-order valence-corrected chi connectivity index (χ4v) is 3.99. The van der Waals surface area contributed by atoms with Gasteiger partial charge in [-0.3, -0.25) is 9.59 Å². The summed E-state index contributed by atoms with van der Waals surface area (Å²) in [5.41, 5.74) is 1.53. The molecule has 0 bridgehead atoms. The summed E-state index contributed by atoms with van der Waals surface area (Å²) in [4.78, 5) is 27.6. The average Bonchev–Trinajstić information content (AvgIpc) is 3.30. The van der Waals surface area contributed by atoms with E-state index in [1.54, 1.807) is 25.1 Å². The molecular formula is C21H23N3O4. The van der Waals surface area contributed by atoms with E-state index >= 15 is 0 Å². The van der Waals surface area contributed by atoms with E-state index < -0.39 is 0 Å². The lowest BCUT2D eigenvalue weighted by Gasteiger charge is -2.17. The van der Waals surface area contributed by atoms with Crippen molar-refractivity contribution in [3.05, 3.63) is 63.8 Å². The molecule has 0 spiro atoms. The van der Waals surface area contributed by atoms with Gasteiger partial charge in [-0.15, -0.1) is 0 Å². The fourth-order valence-electron chi connectivity index (χ4n) is 3.99. The number of rotatable bonds is 4. The number of amides is 1. The van der Waals surface area contributed by atoms with Crippen molar-refractivity contribution in [2.24, 2.45) is 13.0 Å². The molecule has 0 aliphatic carbocycles. The van der Waals surface area contributed by atoms with E-state index in [0.29, 0.717) is 19.5 Å². The molecule has 7 nitrogen and oxygen atoms in total. The van der Waals surface area contributed by atoms with Gasteiger partial charge in [-0.2, -0.15) is 0 Å². The maximum Gasteiger partial charge on any atom is 0.263 e. The van der Waals surface area contributed by atoms with Crippen molar-refractivity contribution in [3.8, 4) is 0 Å². The summed E-state index contributed by atoms with van der Waals surface area (Å²) in [6, 6.07) is 11.1. The normalized spacial score (nSPS) is 19.5. The highest BCUT2D eigenvalue weighted by molar-refractivity contribution is 5.97. The molecule has 1 saturated heterocycles. The van der Waals surface area contributed by atoms with Gasteiger partial charge in [0.1, 0.15) is 11.3 Å². The highest BCUT2D eigenvalue weighted by atomic mass is 16.5. The zero-order valence-corrected chi connectivity index (χ0v) is 16.2. The van der Waals surface area contributed by atoms with Crippen molar-refractivity contribution in [1.82, 2.24) is 14.6 Å². The Morgan fingerprint density at radius 1 is 1.29 bits per heavy atom. The average molecular weight is 381 g/mol. The van der Waals surface area contributed by atoms with Gasteiger partial charge in [-0.25, -0.2) is 0 Å². The van der Waals surface area contributed by atoms with Gasteiger partial charge in [0.05, 0.1) is 17.3 Å². The van der Waals surface area contributed by atoms with Gasteiger partial charge in [0.25, 0.3) is 11.5 Å².